The standard InChI is InChI=1S/C18H14ClN5OS/c1-9-8-26-18-22-17(23-24(9)18)21-16(25)15-11-3-2-4-13(11)20-14-6-5-10(19)7-12(14)15/h5-8H,2-4H2,1H3,(H,21,23,25). The highest BCUT2D eigenvalue weighted by molar-refractivity contribution is 7.15. The van der Waals surface area contributed by atoms with Crippen molar-refractivity contribution < 1.29 is 4.79 Å². The van der Waals surface area contributed by atoms with Gasteiger partial charge in [0.2, 0.25) is 4.96 Å². The number of carbonyl (C=O) groups excluding carboxylic acids is 1. The van der Waals surface area contributed by atoms with Crippen molar-refractivity contribution in [2.75, 3.05) is 5.32 Å². The summed E-state index contributed by atoms with van der Waals surface area (Å²) in [6.45, 7) is 1.95. The molecular formula is C18H14ClN5OS. The summed E-state index contributed by atoms with van der Waals surface area (Å²) >= 11 is 7.67. The number of aromatic nitrogens is 4. The Morgan fingerprint density at radius 3 is 3.04 bits per heavy atom. The zero-order chi connectivity index (χ0) is 17.8. The summed E-state index contributed by atoms with van der Waals surface area (Å²) in [6, 6.07) is 5.47. The van der Waals surface area contributed by atoms with Gasteiger partial charge in [0.05, 0.1) is 16.8 Å². The molecule has 4 aromatic rings. The van der Waals surface area contributed by atoms with Gasteiger partial charge in [0, 0.05) is 21.5 Å². The molecule has 130 valence electrons. The average molecular weight is 384 g/mol. The van der Waals surface area contributed by atoms with E-state index in [2.05, 4.69) is 15.4 Å². The number of nitrogens with one attached hydrogen (secondary N) is 1. The number of hydrogen-bond donors (Lipinski definition) is 1. The van der Waals surface area contributed by atoms with E-state index in [1.165, 1.54) is 11.3 Å². The number of thiazole rings is 1. The molecule has 1 aromatic carbocycles. The number of rotatable bonds is 2. The van der Waals surface area contributed by atoms with Gasteiger partial charge in [-0.2, -0.15) is 4.98 Å². The van der Waals surface area contributed by atoms with Crippen molar-refractivity contribution in [3.8, 4) is 0 Å². The molecule has 26 heavy (non-hydrogen) atoms. The highest BCUT2D eigenvalue weighted by Gasteiger charge is 2.25. The van der Waals surface area contributed by atoms with E-state index in [1.54, 1.807) is 16.6 Å². The molecule has 3 aromatic heterocycles. The highest BCUT2D eigenvalue weighted by atomic mass is 35.5. The maximum atomic E-state index is 13.1. The molecule has 0 radical (unpaired) electrons. The van der Waals surface area contributed by atoms with E-state index in [-0.39, 0.29) is 5.91 Å². The van der Waals surface area contributed by atoms with E-state index in [0.717, 1.165) is 52.1 Å². The van der Waals surface area contributed by atoms with Crippen LogP contribution in [0.4, 0.5) is 5.95 Å². The fraction of sp³-hybridized carbons (Fsp3) is 0.222. The minimum Gasteiger partial charge on any atom is -0.289 e. The fourth-order valence-electron chi connectivity index (χ4n) is 3.50. The predicted octanol–water partition coefficient (Wildman–Crippen LogP) is 4.04. The lowest BCUT2D eigenvalue weighted by atomic mass is 10.0. The number of pyridine rings is 1. The monoisotopic (exact) mass is 383 g/mol. The molecule has 1 aliphatic carbocycles. The Labute approximate surface area is 157 Å². The van der Waals surface area contributed by atoms with Crippen molar-refractivity contribution in [2.45, 2.75) is 26.2 Å². The molecule has 8 heteroatoms. The zero-order valence-corrected chi connectivity index (χ0v) is 15.5. The van der Waals surface area contributed by atoms with Gasteiger partial charge in [-0.3, -0.25) is 15.1 Å². The van der Waals surface area contributed by atoms with Gasteiger partial charge in [0.1, 0.15) is 0 Å². The van der Waals surface area contributed by atoms with Crippen LogP contribution in [0, 0.1) is 6.92 Å². The molecule has 1 amide bonds. The van der Waals surface area contributed by atoms with Crippen LogP contribution in [-0.2, 0) is 12.8 Å². The van der Waals surface area contributed by atoms with Crippen molar-refractivity contribution in [1.29, 1.82) is 0 Å². The summed E-state index contributed by atoms with van der Waals surface area (Å²) in [7, 11) is 0. The van der Waals surface area contributed by atoms with Crippen molar-refractivity contribution >= 4 is 50.7 Å². The Morgan fingerprint density at radius 2 is 2.19 bits per heavy atom. The van der Waals surface area contributed by atoms with Gasteiger partial charge in [-0.15, -0.1) is 16.4 Å². The minimum absolute atomic E-state index is 0.214. The van der Waals surface area contributed by atoms with Gasteiger partial charge >= 0.3 is 0 Å². The number of anilines is 1. The first kappa shape index (κ1) is 15.7. The zero-order valence-electron chi connectivity index (χ0n) is 13.9. The van der Waals surface area contributed by atoms with Crippen LogP contribution in [0.3, 0.4) is 0 Å². The lowest BCUT2D eigenvalue weighted by Gasteiger charge is -2.11. The summed E-state index contributed by atoms with van der Waals surface area (Å²) in [5.74, 6) is 0.0948. The van der Waals surface area contributed by atoms with Crippen LogP contribution in [-0.4, -0.2) is 25.5 Å². The summed E-state index contributed by atoms with van der Waals surface area (Å²) in [5, 5.41) is 10.6. The van der Waals surface area contributed by atoms with Crippen molar-refractivity contribution in [2.24, 2.45) is 0 Å². The third-order valence-corrected chi connectivity index (χ3v) is 5.84. The molecule has 0 saturated heterocycles. The van der Waals surface area contributed by atoms with Crippen LogP contribution < -0.4 is 5.32 Å². The Kier molecular flexibility index (Phi) is 3.48. The van der Waals surface area contributed by atoms with Crippen molar-refractivity contribution in [3.63, 3.8) is 0 Å². The van der Waals surface area contributed by atoms with E-state index in [4.69, 9.17) is 16.6 Å². The molecule has 0 spiro atoms. The topological polar surface area (TPSA) is 72.2 Å². The number of carbonyl (C=O) groups is 1. The number of nitrogens with zero attached hydrogens (tertiary/aromatic N) is 4. The van der Waals surface area contributed by atoms with Crippen molar-refractivity contribution in [1.82, 2.24) is 19.6 Å². The summed E-state index contributed by atoms with van der Waals surface area (Å²) < 4.78 is 1.73. The molecule has 1 aliphatic rings. The van der Waals surface area contributed by atoms with Gasteiger partial charge < -0.3 is 0 Å². The van der Waals surface area contributed by atoms with Gasteiger partial charge in [-0.05, 0) is 49.9 Å². The molecule has 0 atom stereocenters. The van der Waals surface area contributed by atoms with Gasteiger partial charge in [-0.1, -0.05) is 11.6 Å². The molecule has 5 rings (SSSR count). The Bertz CT molecular complexity index is 1200. The number of amides is 1. The largest absolute Gasteiger partial charge is 0.289 e. The van der Waals surface area contributed by atoms with E-state index in [0.29, 0.717) is 16.5 Å². The molecule has 0 unspecified atom stereocenters. The van der Waals surface area contributed by atoms with Crippen LogP contribution in [0.1, 0.15) is 33.7 Å². The summed E-state index contributed by atoms with van der Waals surface area (Å²) in [5.41, 5.74) is 4.42. The van der Waals surface area contributed by atoms with E-state index in [9.17, 15) is 4.79 Å². The van der Waals surface area contributed by atoms with E-state index >= 15 is 0 Å². The smallest absolute Gasteiger partial charge is 0.259 e. The number of halogens is 1. The first-order valence-electron chi connectivity index (χ1n) is 8.33. The molecule has 6 nitrogen and oxygen atoms in total. The third kappa shape index (κ3) is 2.39. The van der Waals surface area contributed by atoms with Crippen LogP contribution in [0.5, 0.6) is 0 Å². The minimum atomic E-state index is -0.214. The Morgan fingerprint density at radius 1 is 1.31 bits per heavy atom. The van der Waals surface area contributed by atoms with E-state index < -0.39 is 0 Å². The first-order chi connectivity index (χ1) is 12.6. The molecule has 0 fully saturated rings. The second-order valence-corrected chi connectivity index (χ2v) is 7.66. The predicted molar refractivity (Wildman–Crippen MR) is 102 cm³/mol. The van der Waals surface area contributed by atoms with Gasteiger partial charge in [-0.25, -0.2) is 4.52 Å². The van der Waals surface area contributed by atoms with Gasteiger partial charge in [0.15, 0.2) is 0 Å². The first-order valence-corrected chi connectivity index (χ1v) is 9.59. The van der Waals surface area contributed by atoms with Crippen molar-refractivity contribution in [3.05, 3.63) is 51.1 Å². The maximum Gasteiger partial charge on any atom is 0.259 e. The van der Waals surface area contributed by atoms with Crippen LogP contribution >= 0.6 is 22.9 Å². The molecule has 0 aliphatic heterocycles. The Balaban J connectivity index is 1.62. The van der Waals surface area contributed by atoms with Gasteiger partial charge in [0.25, 0.3) is 11.9 Å². The average Bonchev–Trinajstić information content (AvgIpc) is 3.30. The normalized spacial score (nSPS) is 13.5. The number of benzene rings is 1. The summed E-state index contributed by atoms with van der Waals surface area (Å²) in [6.07, 6.45) is 2.74. The molecular weight excluding hydrogens is 370 g/mol. The maximum absolute atomic E-state index is 13.1. The SMILES string of the molecule is Cc1csc2nc(NC(=O)c3c4c(nc5ccc(Cl)cc35)CCC4)nn12. The fourth-order valence-corrected chi connectivity index (χ4v) is 4.47. The quantitative estimate of drug-likeness (QED) is 0.567. The Hall–Kier alpha value is -2.51. The van der Waals surface area contributed by atoms with E-state index in [1.807, 2.05) is 18.4 Å². The summed E-state index contributed by atoms with van der Waals surface area (Å²) in [4.78, 5) is 23.0. The number of aryl methyl sites for hydroxylation is 2. The molecule has 1 N–H and O–H groups in total. The second kappa shape index (κ2) is 5.75. The van der Waals surface area contributed by atoms with Crippen LogP contribution in [0.25, 0.3) is 15.9 Å². The highest BCUT2D eigenvalue weighted by Crippen LogP contribution is 2.32. The third-order valence-electron chi connectivity index (χ3n) is 4.67. The lowest BCUT2D eigenvalue weighted by Crippen LogP contribution is -2.16. The molecule has 0 saturated carbocycles. The second-order valence-electron chi connectivity index (χ2n) is 6.39. The lowest BCUT2D eigenvalue weighted by molar-refractivity contribution is 0.102. The number of hydrogen-bond acceptors (Lipinski definition) is 5. The van der Waals surface area contributed by atoms with Crippen LogP contribution in [0.2, 0.25) is 5.02 Å². The molecule has 3 heterocycles. The van der Waals surface area contributed by atoms with Crippen LogP contribution in [0.15, 0.2) is 23.6 Å². The number of fused-ring (bicyclic) bond motifs is 3. The molecule has 0 bridgehead atoms.